The van der Waals surface area contributed by atoms with Crippen molar-refractivity contribution in [2.24, 2.45) is 0 Å². The van der Waals surface area contributed by atoms with Gasteiger partial charge in [-0.25, -0.2) is 8.78 Å². The zero-order valence-corrected chi connectivity index (χ0v) is 10.1. The number of nitrogens with one attached hydrogen (secondary N) is 1. The molecular weight excluding hydrogens is 269 g/mol. The molecule has 2 unspecified atom stereocenters. The van der Waals surface area contributed by atoms with Crippen molar-refractivity contribution in [3.63, 3.8) is 0 Å². The van der Waals surface area contributed by atoms with E-state index in [0.29, 0.717) is 6.07 Å². The van der Waals surface area contributed by atoms with Crippen LogP contribution in [-0.4, -0.2) is 30.0 Å². The zero-order valence-electron chi connectivity index (χ0n) is 10.1. The molecule has 0 heterocycles. The lowest BCUT2D eigenvalue weighted by molar-refractivity contribution is -0.127. The molecule has 1 aromatic carbocycles. The van der Waals surface area contributed by atoms with E-state index in [9.17, 15) is 27.1 Å². The van der Waals surface area contributed by atoms with Gasteiger partial charge in [0.1, 0.15) is 11.6 Å². The largest absolute Gasteiger partial charge is 0.401 e. The normalized spacial score (nSPS) is 15.3. The van der Waals surface area contributed by atoms with Crippen LogP contribution in [-0.2, 0) is 6.42 Å². The third-order valence-corrected chi connectivity index (χ3v) is 2.57. The maximum Gasteiger partial charge on any atom is 0.401 e. The van der Waals surface area contributed by atoms with E-state index < -0.39 is 36.5 Å². The van der Waals surface area contributed by atoms with E-state index in [4.69, 9.17) is 0 Å². The zero-order chi connectivity index (χ0) is 14.6. The summed E-state index contributed by atoms with van der Waals surface area (Å²) >= 11 is 0. The molecular formula is C12H14F5NO. The molecule has 2 nitrogen and oxygen atoms in total. The Morgan fingerprint density at radius 1 is 1.16 bits per heavy atom. The molecule has 7 heteroatoms. The molecule has 0 aliphatic carbocycles. The fraction of sp³-hybridized carbons (Fsp3) is 0.500. The molecule has 1 rings (SSSR count). The molecule has 0 aliphatic rings. The third kappa shape index (κ3) is 5.98. The molecule has 19 heavy (non-hydrogen) atoms. The van der Waals surface area contributed by atoms with Gasteiger partial charge in [0.25, 0.3) is 0 Å². The molecule has 0 spiro atoms. The number of hydrogen-bond donors (Lipinski definition) is 2. The second-order valence-electron chi connectivity index (χ2n) is 4.33. The SMILES string of the molecule is CC(NCC(F)(F)F)C(O)Cc1cc(F)cc(F)c1. The molecule has 0 aromatic heterocycles. The average molecular weight is 283 g/mol. The van der Waals surface area contributed by atoms with Crippen LogP contribution in [0.2, 0.25) is 0 Å². The van der Waals surface area contributed by atoms with Crippen LogP contribution in [0.5, 0.6) is 0 Å². The molecule has 0 radical (unpaired) electrons. The summed E-state index contributed by atoms with van der Waals surface area (Å²) < 4.78 is 61.7. The molecule has 0 bridgehead atoms. The predicted octanol–water partition coefficient (Wildman–Crippen LogP) is 2.41. The summed E-state index contributed by atoms with van der Waals surface area (Å²) in [6.45, 7) is 0.134. The lowest BCUT2D eigenvalue weighted by atomic mass is 10.0. The first-order valence-corrected chi connectivity index (χ1v) is 5.60. The summed E-state index contributed by atoms with van der Waals surface area (Å²) in [4.78, 5) is 0. The first kappa shape index (κ1) is 15.8. The van der Waals surface area contributed by atoms with Crippen LogP contribution in [0.1, 0.15) is 12.5 Å². The molecule has 2 N–H and O–H groups in total. The van der Waals surface area contributed by atoms with E-state index in [1.807, 2.05) is 0 Å². The minimum Gasteiger partial charge on any atom is -0.391 e. The molecule has 108 valence electrons. The first-order valence-electron chi connectivity index (χ1n) is 5.60. The smallest absolute Gasteiger partial charge is 0.391 e. The Hall–Kier alpha value is -1.21. The number of halogens is 5. The predicted molar refractivity (Wildman–Crippen MR) is 59.6 cm³/mol. The Morgan fingerprint density at radius 3 is 2.16 bits per heavy atom. The molecule has 0 saturated carbocycles. The standard InChI is InChI=1S/C12H14F5NO/c1-7(18-6-12(15,16)17)11(19)4-8-2-9(13)5-10(14)3-8/h2-3,5,7,11,18-19H,4,6H2,1H3. The first-order chi connectivity index (χ1) is 8.67. The van der Waals surface area contributed by atoms with Gasteiger partial charge in [0, 0.05) is 18.5 Å². The Balaban J connectivity index is 2.56. The lowest BCUT2D eigenvalue weighted by Crippen LogP contribution is -2.43. The third-order valence-electron chi connectivity index (χ3n) is 2.57. The van der Waals surface area contributed by atoms with Crippen LogP contribution in [0.3, 0.4) is 0 Å². The van der Waals surface area contributed by atoms with Crippen molar-refractivity contribution in [3.05, 3.63) is 35.4 Å². The lowest BCUT2D eigenvalue weighted by Gasteiger charge is -2.21. The maximum absolute atomic E-state index is 12.9. The van der Waals surface area contributed by atoms with Crippen LogP contribution < -0.4 is 5.32 Å². The van der Waals surface area contributed by atoms with E-state index in [0.717, 1.165) is 12.1 Å². The molecule has 0 saturated heterocycles. The highest BCUT2D eigenvalue weighted by atomic mass is 19.4. The summed E-state index contributed by atoms with van der Waals surface area (Å²) in [6.07, 6.45) is -5.69. The van der Waals surface area contributed by atoms with E-state index in [-0.39, 0.29) is 12.0 Å². The van der Waals surface area contributed by atoms with Gasteiger partial charge >= 0.3 is 6.18 Å². The van der Waals surface area contributed by atoms with Gasteiger partial charge < -0.3 is 10.4 Å². The number of hydrogen-bond acceptors (Lipinski definition) is 2. The van der Waals surface area contributed by atoms with Gasteiger partial charge in [0.05, 0.1) is 12.6 Å². The van der Waals surface area contributed by atoms with Gasteiger partial charge in [-0.2, -0.15) is 13.2 Å². The minimum atomic E-state index is -4.38. The van der Waals surface area contributed by atoms with Gasteiger partial charge in [0.2, 0.25) is 0 Å². The van der Waals surface area contributed by atoms with Crippen LogP contribution in [0, 0.1) is 11.6 Å². The van der Waals surface area contributed by atoms with Crippen molar-refractivity contribution in [3.8, 4) is 0 Å². The quantitative estimate of drug-likeness (QED) is 0.813. The fourth-order valence-corrected chi connectivity index (χ4v) is 1.56. The van der Waals surface area contributed by atoms with Crippen LogP contribution in [0.25, 0.3) is 0 Å². The van der Waals surface area contributed by atoms with Gasteiger partial charge in [-0.05, 0) is 24.6 Å². The molecule has 2 atom stereocenters. The van der Waals surface area contributed by atoms with Crippen molar-refractivity contribution in [1.82, 2.24) is 5.32 Å². The molecule has 0 fully saturated rings. The number of alkyl halides is 3. The molecule has 0 amide bonds. The summed E-state index contributed by atoms with van der Waals surface area (Å²) in [5, 5.41) is 11.8. The highest BCUT2D eigenvalue weighted by Gasteiger charge is 2.28. The van der Waals surface area contributed by atoms with Crippen LogP contribution in [0.15, 0.2) is 18.2 Å². The molecule has 0 aliphatic heterocycles. The number of aliphatic hydroxyl groups excluding tert-OH is 1. The summed E-state index contributed by atoms with van der Waals surface area (Å²) in [7, 11) is 0. The van der Waals surface area contributed by atoms with Crippen LogP contribution in [0.4, 0.5) is 22.0 Å². The average Bonchev–Trinajstić information content (AvgIpc) is 2.23. The summed E-state index contributed by atoms with van der Waals surface area (Å²) in [5.74, 6) is -1.59. The highest BCUT2D eigenvalue weighted by Crippen LogP contribution is 2.14. The van der Waals surface area contributed by atoms with E-state index in [2.05, 4.69) is 5.32 Å². The van der Waals surface area contributed by atoms with Crippen molar-refractivity contribution >= 4 is 0 Å². The van der Waals surface area contributed by atoms with Crippen molar-refractivity contribution in [1.29, 1.82) is 0 Å². The topological polar surface area (TPSA) is 32.3 Å². The maximum atomic E-state index is 12.9. The van der Waals surface area contributed by atoms with E-state index >= 15 is 0 Å². The van der Waals surface area contributed by atoms with Crippen molar-refractivity contribution in [2.75, 3.05) is 6.54 Å². The van der Waals surface area contributed by atoms with Gasteiger partial charge in [0.15, 0.2) is 0 Å². The van der Waals surface area contributed by atoms with Crippen molar-refractivity contribution < 1.29 is 27.1 Å². The monoisotopic (exact) mass is 283 g/mol. The second-order valence-corrected chi connectivity index (χ2v) is 4.33. The Labute approximate surface area is 107 Å². The second kappa shape index (κ2) is 6.29. The minimum absolute atomic E-state index is 0.138. The van der Waals surface area contributed by atoms with Gasteiger partial charge in [-0.15, -0.1) is 0 Å². The number of benzene rings is 1. The Morgan fingerprint density at radius 2 is 1.68 bits per heavy atom. The van der Waals surface area contributed by atoms with E-state index in [1.165, 1.54) is 6.92 Å². The van der Waals surface area contributed by atoms with Gasteiger partial charge in [-0.1, -0.05) is 0 Å². The Kier molecular flexibility index (Phi) is 5.25. The van der Waals surface area contributed by atoms with Crippen LogP contribution >= 0.6 is 0 Å². The fourth-order valence-electron chi connectivity index (χ4n) is 1.56. The molecule has 1 aromatic rings. The van der Waals surface area contributed by atoms with E-state index in [1.54, 1.807) is 0 Å². The number of rotatable bonds is 5. The Bertz CT molecular complexity index is 401. The number of aliphatic hydroxyl groups is 1. The summed E-state index contributed by atoms with van der Waals surface area (Å²) in [5.41, 5.74) is 0.186. The van der Waals surface area contributed by atoms with Crippen molar-refractivity contribution in [2.45, 2.75) is 31.7 Å². The highest BCUT2D eigenvalue weighted by molar-refractivity contribution is 5.18. The summed E-state index contributed by atoms with van der Waals surface area (Å²) in [6, 6.07) is 1.89. The van der Waals surface area contributed by atoms with Gasteiger partial charge in [-0.3, -0.25) is 0 Å².